The smallest absolute Gasteiger partial charge is 0.119 e. The number of nitrogens with zero attached hydrogens (tertiary/aromatic N) is 1. The van der Waals surface area contributed by atoms with E-state index in [1.807, 2.05) is 12.1 Å². The van der Waals surface area contributed by atoms with Crippen LogP contribution in [-0.2, 0) is 19.3 Å². The van der Waals surface area contributed by atoms with E-state index in [4.69, 9.17) is 4.74 Å². The second-order valence-electron chi connectivity index (χ2n) is 11.5. The Labute approximate surface area is 233 Å². The monoisotopic (exact) mass is 528 g/mol. The Balaban J connectivity index is 1.18. The maximum absolute atomic E-state index is 10.3. The van der Waals surface area contributed by atoms with E-state index < -0.39 is 0 Å². The van der Waals surface area contributed by atoms with Gasteiger partial charge in [-0.2, -0.15) is 0 Å². The molecule has 0 radical (unpaired) electrons. The highest BCUT2D eigenvalue weighted by Gasteiger charge is 2.22. The Morgan fingerprint density at radius 2 is 1.62 bits per heavy atom. The average molecular weight is 529 g/mol. The zero-order valence-corrected chi connectivity index (χ0v) is 23.4. The molecule has 3 aromatic carbocycles. The number of anilines is 1. The van der Waals surface area contributed by atoms with Gasteiger partial charge in [0, 0.05) is 24.3 Å². The Morgan fingerprint density at radius 1 is 0.872 bits per heavy atom. The first-order chi connectivity index (χ1) is 19.0. The summed E-state index contributed by atoms with van der Waals surface area (Å²) in [6.45, 7) is 6.35. The van der Waals surface area contributed by atoms with Gasteiger partial charge in [0.2, 0.25) is 0 Å². The highest BCUT2D eigenvalue weighted by molar-refractivity contribution is 5.57. The highest BCUT2D eigenvalue weighted by atomic mass is 16.5. The number of hydrogen-bond acceptors (Lipinski definition) is 5. The summed E-state index contributed by atoms with van der Waals surface area (Å²) < 4.78 is 6.04. The van der Waals surface area contributed by atoms with Crippen LogP contribution >= 0.6 is 0 Å². The molecule has 1 aliphatic carbocycles. The molecule has 5 heteroatoms. The van der Waals surface area contributed by atoms with Gasteiger partial charge in [0.25, 0.3) is 0 Å². The van der Waals surface area contributed by atoms with Gasteiger partial charge < -0.3 is 20.3 Å². The van der Waals surface area contributed by atoms with Crippen molar-refractivity contribution in [3.8, 4) is 17.2 Å². The molecular formula is C34H44N2O3. The van der Waals surface area contributed by atoms with E-state index in [0.717, 1.165) is 56.7 Å². The summed E-state index contributed by atoms with van der Waals surface area (Å²) in [5.74, 6) is 1.94. The average Bonchev–Trinajstić information content (AvgIpc) is 3.30. The Kier molecular flexibility index (Phi) is 9.31. The van der Waals surface area contributed by atoms with Crippen LogP contribution in [0.4, 0.5) is 5.69 Å². The molecule has 2 unspecified atom stereocenters. The summed E-state index contributed by atoms with van der Waals surface area (Å²) >= 11 is 0. The summed E-state index contributed by atoms with van der Waals surface area (Å²) in [6.07, 6.45) is 10.3. The molecule has 0 aromatic heterocycles. The second-order valence-corrected chi connectivity index (χ2v) is 11.5. The standard InChI is InChI=1S/C34H44N2O3/c1-25(21-26-9-14-32(15-10-26)39-20-19-36-17-4-2-3-5-18-36)35-34-24-31(38)13-16-33(34)29-8-6-7-27-23-30(37)12-11-28(27)22-29/h9-16,23-25,29,35,37-38H,2-8,17-22H2,1H3. The number of fused-ring (bicyclic) bond motifs is 1. The molecule has 0 bridgehead atoms. The number of nitrogens with one attached hydrogen (secondary N) is 1. The van der Waals surface area contributed by atoms with Crippen molar-refractivity contribution in [2.24, 2.45) is 0 Å². The fourth-order valence-corrected chi connectivity index (χ4v) is 6.29. The van der Waals surface area contributed by atoms with Gasteiger partial charge in [-0.25, -0.2) is 0 Å². The van der Waals surface area contributed by atoms with Crippen LogP contribution in [0.5, 0.6) is 17.2 Å². The number of aromatic hydroxyl groups is 2. The largest absolute Gasteiger partial charge is 0.508 e. The number of likely N-dealkylation sites (tertiary alicyclic amines) is 1. The van der Waals surface area contributed by atoms with Gasteiger partial charge in [0.05, 0.1) is 0 Å². The van der Waals surface area contributed by atoms with Crippen molar-refractivity contribution in [1.82, 2.24) is 4.90 Å². The molecule has 1 heterocycles. The normalized spacial score (nSPS) is 18.9. The molecule has 5 rings (SSSR count). The van der Waals surface area contributed by atoms with Crippen molar-refractivity contribution in [3.05, 3.63) is 82.9 Å². The Morgan fingerprint density at radius 3 is 2.41 bits per heavy atom. The van der Waals surface area contributed by atoms with Gasteiger partial charge in [-0.15, -0.1) is 0 Å². The van der Waals surface area contributed by atoms with Crippen LogP contribution in [0.15, 0.2) is 60.7 Å². The molecule has 3 aromatic rings. The maximum Gasteiger partial charge on any atom is 0.119 e. The summed E-state index contributed by atoms with van der Waals surface area (Å²) in [5.41, 5.74) is 6.11. The third-order valence-electron chi connectivity index (χ3n) is 8.37. The number of benzene rings is 3. The number of aryl methyl sites for hydroxylation is 1. The number of phenolic OH excluding ortho intramolecular Hbond substituents is 2. The topological polar surface area (TPSA) is 65.0 Å². The molecule has 3 N–H and O–H groups in total. The SMILES string of the molecule is CC(Cc1ccc(OCCN2CCCCCC2)cc1)Nc1cc(O)ccc1C1CCCc2cc(O)ccc2C1. The van der Waals surface area contributed by atoms with Gasteiger partial charge in [0.1, 0.15) is 23.9 Å². The molecule has 0 saturated carbocycles. The fourth-order valence-electron chi connectivity index (χ4n) is 6.29. The minimum atomic E-state index is 0.204. The lowest BCUT2D eigenvalue weighted by atomic mass is 9.88. The lowest BCUT2D eigenvalue weighted by molar-refractivity contribution is 0.214. The Bertz CT molecular complexity index is 1200. The molecule has 1 aliphatic heterocycles. The molecule has 1 fully saturated rings. The first kappa shape index (κ1) is 27.4. The number of hydrogen-bond donors (Lipinski definition) is 3. The third kappa shape index (κ3) is 7.69. The van der Waals surface area contributed by atoms with Crippen LogP contribution in [0, 0.1) is 0 Å². The number of phenols is 2. The quantitative estimate of drug-likeness (QED) is 0.260. The minimum Gasteiger partial charge on any atom is -0.508 e. The van der Waals surface area contributed by atoms with Crippen molar-refractivity contribution in [1.29, 1.82) is 0 Å². The van der Waals surface area contributed by atoms with Gasteiger partial charge >= 0.3 is 0 Å². The van der Waals surface area contributed by atoms with Crippen molar-refractivity contribution >= 4 is 5.69 Å². The molecular weight excluding hydrogens is 484 g/mol. The minimum absolute atomic E-state index is 0.204. The zero-order chi connectivity index (χ0) is 27.0. The predicted octanol–water partition coefficient (Wildman–Crippen LogP) is 7.06. The van der Waals surface area contributed by atoms with Crippen LogP contribution in [0.1, 0.15) is 73.6 Å². The first-order valence-corrected chi connectivity index (χ1v) is 14.9. The van der Waals surface area contributed by atoms with E-state index in [1.54, 1.807) is 12.1 Å². The summed E-state index contributed by atoms with van der Waals surface area (Å²) in [7, 11) is 0. The highest BCUT2D eigenvalue weighted by Crippen LogP contribution is 2.38. The first-order valence-electron chi connectivity index (χ1n) is 14.9. The zero-order valence-electron chi connectivity index (χ0n) is 23.4. The second kappa shape index (κ2) is 13.3. The summed E-state index contributed by atoms with van der Waals surface area (Å²) in [5, 5.41) is 23.9. The van der Waals surface area contributed by atoms with Crippen LogP contribution in [0.25, 0.3) is 0 Å². The number of rotatable bonds is 9. The molecule has 0 amide bonds. The number of ether oxygens (including phenoxy) is 1. The van der Waals surface area contributed by atoms with E-state index in [1.165, 1.54) is 61.0 Å². The summed E-state index contributed by atoms with van der Waals surface area (Å²) in [4.78, 5) is 2.53. The fraction of sp³-hybridized carbons (Fsp3) is 0.471. The van der Waals surface area contributed by atoms with E-state index in [2.05, 4.69) is 53.5 Å². The van der Waals surface area contributed by atoms with Crippen molar-refractivity contribution in [3.63, 3.8) is 0 Å². The van der Waals surface area contributed by atoms with E-state index in [9.17, 15) is 10.2 Å². The molecule has 2 aliphatic rings. The molecule has 208 valence electrons. The van der Waals surface area contributed by atoms with E-state index in [0.29, 0.717) is 11.7 Å². The molecule has 0 spiro atoms. The van der Waals surface area contributed by atoms with Gasteiger partial charge in [-0.05, 0) is 123 Å². The van der Waals surface area contributed by atoms with Crippen LogP contribution in [0.3, 0.4) is 0 Å². The van der Waals surface area contributed by atoms with Gasteiger partial charge in [-0.1, -0.05) is 37.1 Å². The van der Waals surface area contributed by atoms with Crippen molar-refractivity contribution in [2.75, 3.05) is 31.6 Å². The molecule has 2 atom stereocenters. The summed E-state index contributed by atoms with van der Waals surface area (Å²) in [6, 6.07) is 20.3. The van der Waals surface area contributed by atoms with Crippen molar-refractivity contribution in [2.45, 2.75) is 76.7 Å². The molecule has 1 saturated heterocycles. The van der Waals surface area contributed by atoms with Gasteiger partial charge in [-0.3, -0.25) is 4.90 Å². The van der Waals surface area contributed by atoms with E-state index >= 15 is 0 Å². The van der Waals surface area contributed by atoms with Crippen LogP contribution < -0.4 is 10.1 Å². The van der Waals surface area contributed by atoms with E-state index in [-0.39, 0.29) is 11.8 Å². The molecule has 5 nitrogen and oxygen atoms in total. The van der Waals surface area contributed by atoms with Crippen LogP contribution in [0.2, 0.25) is 0 Å². The predicted molar refractivity (Wildman–Crippen MR) is 159 cm³/mol. The lowest BCUT2D eigenvalue weighted by Crippen LogP contribution is -2.29. The lowest BCUT2D eigenvalue weighted by Gasteiger charge is -2.23. The molecule has 39 heavy (non-hydrogen) atoms. The van der Waals surface area contributed by atoms with Crippen LogP contribution in [-0.4, -0.2) is 47.4 Å². The van der Waals surface area contributed by atoms with Gasteiger partial charge in [0.15, 0.2) is 0 Å². The maximum atomic E-state index is 10.3. The van der Waals surface area contributed by atoms with Crippen molar-refractivity contribution < 1.29 is 14.9 Å². The third-order valence-corrected chi connectivity index (χ3v) is 8.37. The Hall–Kier alpha value is -3.18.